The van der Waals surface area contributed by atoms with Crippen molar-refractivity contribution in [3.8, 4) is 0 Å². The second kappa shape index (κ2) is 61.1. The third kappa shape index (κ3) is 59.3. The second-order valence-electron chi connectivity index (χ2n) is 18.4. The molecule has 6 heteroatoms. The molecule has 0 saturated carbocycles. The molecule has 75 heavy (non-hydrogen) atoms. The van der Waals surface area contributed by atoms with Gasteiger partial charge in [-0.15, -0.1) is 0 Å². The quantitative estimate of drug-likeness (QED) is 0.0261. The molecule has 0 bridgehead atoms. The zero-order valence-corrected chi connectivity index (χ0v) is 47.5. The summed E-state index contributed by atoms with van der Waals surface area (Å²) in [6, 6.07) is 0. The highest BCUT2D eigenvalue weighted by Gasteiger charge is 2.19. The molecule has 0 aliphatic carbocycles. The minimum Gasteiger partial charge on any atom is -0.462 e. The number of esters is 3. The number of hydrogen-bond donors (Lipinski definition) is 0. The molecule has 0 aliphatic heterocycles. The molecule has 1 atom stereocenters. The van der Waals surface area contributed by atoms with E-state index in [1.165, 1.54) is 19.3 Å². The standard InChI is InChI=1S/C69H104O6/c1-4-7-10-13-16-19-22-25-28-31-32-33-34-35-36-39-41-44-47-50-53-56-59-62-68(71)74-65-66(75-69(72)63-60-57-54-51-48-45-42-38-30-27-24-21-18-15-12-9-6-3)64-73-67(70)61-58-55-52-49-46-43-40-37-29-26-23-20-17-14-11-8-5-2/h7-12,16-21,25-30,32-33,35-36,41-42,44-45,50-51,53-54,66H,4-6,13-15,22-24,31,34,37-40,43,46-49,52,55-65H2,1-3H3/b10-7-,11-8-,12-9-,19-16-,20-17-,21-18-,28-25-,29-26-,30-27-,33-32-,36-35-,44-41-,45-42-,53-50-,54-51-. The molecule has 0 rings (SSSR count). The van der Waals surface area contributed by atoms with Crippen molar-refractivity contribution >= 4 is 17.9 Å². The fourth-order valence-electron chi connectivity index (χ4n) is 7.13. The van der Waals surface area contributed by atoms with Crippen LogP contribution in [0.5, 0.6) is 0 Å². The van der Waals surface area contributed by atoms with E-state index in [2.05, 4.69) is 203 Å². The summed E-state index contributed by atoms with van der Waals surface area (Å²) in [6.07, 6.45) is 91.8. The zero-order chi connectivity index (χ0) is 54.3. The summed E-state index contributed by atoms with van der Waals surface area (Å²) in [4.78, 5) is 38.2. The molecule has 0 radical (unpaired) electrons. The van der Waals surface area contributed by atoms with E-state index in [0.717, 1.165) is 141 Å². The number of carbonyl (C=O) groups excluding carboxylic acids is 3. The van der Waals surface area contributed by atoms with Gasteiger partial charge in [0.1, 0.15) is 13.2 Å². The minimum absolute atomic E-state index is 0.134. The van der Waals surface area contributed by atoms with Gasteiger partial charge in [0.25, 0.3) is 0 Å². The van der Waals surface area contributed by atoms with Crippen molar-refractivity contribution in [2.45, 2.75) is 219 Å². The molecule has 0 N–H and O–H groups in total. The van der Waals surface area contributed by atoms with Crippen molar-refractivity contribution in [2.75, 3.05) is 13.2 Å². The molecule has 1 unspecified atom stereocenters. The van der Waals surface area contributed by atoms with Crippen molar-refractivity contribution < 1.29 is 28.6 Å². The fraction of sp³-hybridized carbons (Fsp3) is 0.522. The van der Waals surface area contributed by atoms with E-state index in [-0.39, 0.29) is 38.0 Å². The molecule has 0 fully saturated rings. The van der Waals surface area contributed by atoms with E-state index < -0.39 is 12.1 Å². The molecule has 0 amide bonds. The Kier molecular flexibility index (Phi) is 56.6. The van der Waals surface area contributed by atoms with Gasteiger partial charge in [0.05, 0.1) is 0 Å². The zero-order valence-electron chi connectivity index (χ0n) is 47.5. The van der Waals surface area contributed by atoms with Gasteiger partial charge in [-0.05, 0) is 141 Å². The molecule has 0 saturated heterocycles. The van der Waals surface area contributed by atoms with Crippen LogP contribution in [0.3, 0.4) is 0 Å². The lowest BCUT2D eigenvalue weighted by Gasteiger charge is -2.18. The lowest BCUT2D eigenvalue weighted by atomic mass is 10.1. The predicted octanol–water partition coefficient (Wildman–Crippen LogP) is 20.1. The summed E-state index contributed by atoms with van der Waals surface area (Å²) in [7, 11) is 0. The molecule has 0 aromatic rings. The number of rotatable bonds is 50. The summed E-state index contributed by atoms with van der Waals surface area (Å²) in [5.41, 5.74) is 0. The predicted molar refractivity (Wildman–Crippen MR) is 324 cm³/mol. The van der Waals surface area contributed by atoms with Crippen LogP contribution in [0, 0.1) is 0 Å². The van der Waals surface area contributed by atoms with Crippen molar-refractivity contribution in [1.29, 1.82) is 0 Å². The van der Waals surface area contributed by atoms with E-state index in [9.17, 15) is 14.4 Å². The van der Waals surface area contributed by atoms with Crippen LogP contribution >= 0.6 is 0 Å². The van der Waals surface area contributed by atoms with Gasteiger partial charge in [-0.2, -0.15) is 0 Å². The molecule has 6 nitrogen and oxygen atoms in total. The summed E-state index contributed by atoms with van der Waals surface area (Å²) < 4.78 is 16.8. The van der Waals surface area contributed by atoms with Gasteiger partial charge in [-0.25, -0.2) is 0 Å². The normalized spacial score (nSPS) is 13.5. The van der Waals surface area contributed by atoms with Gasteiger partial charge in [-0.3, -0.25) is 14.4 Å². The van der Waals surface area contributed by atoms with Gasteiger partial charge < -0.3 is 14.2 Å². The SMILES string of the molecule is CC/C=C\C/C=C\C/C=C\C/C=C\C/C=C\C/C=C\C/C=C\CCCC(=O)OCC(COC(=O)CCCCCCCCC/C=C\C/C=C\C/C=C\CC)OC(=O)CCC/C=C\C/C=C\C/C=C\C/C=C\C/C=C\CC. The average Bonchev–Trinajstić information content (AvgIpc) is 3.41. The Morgan fingerprint density at radius 3 is 0.800 bits per heavy atom. The van der Waals surface area contributed by atoms with E-state index in [4.69, 9.17) is 14.2 Å². The van der Waals surface area contributed by atoms with Crippen molar-refractivity contribution in [1.82, 2.24) is 0 Å². The maximum atomic E-state index is 12.9. The van der Waals surface area contributed by atoms with Crippen LogP contribution in [0.1, 0.15) is 213 Å². The van der Waals surface area contributed by atoms with E-state index in [1.54, 1.807) is 0 Å². The third-order valence-electron chi connectivity index (χ3n) is 11.4. The lowest BCUT2D eigenvalue weighted by molar-refractivity contribution is -0.167. The van der Waals surface area contributed by atoms with Crippen LogP contribution < -0.4 is 0 Å². The molecular formula is C69H104O6. The Balaban J connectivity index is 4.62. The van der Waals surface area contributed by atoms with E-state index >= 15 is 0 Å². The summed E-state index contributed by atoms with van der Waals surface area (Å²) >= 11 is 0. The maximum Gasteiger partial charge on any atom is 0.306 e. The maximum absolute atomic E-state index is 12.9. The molecule has 0 aromatic heterocycles. The van der Waals surface area contributed by atoms with Gasteiger partial charge >= 0.3 is 17.9 Å². The van der Waals surface area contributed by atoms with Crippen molar-refractivity contribution in [3.63, 3.8) is 0 Å². The Labute approximate surface area is 459 Å². The van der Waals surface area contributed by atoms with Gasteiger partial charge in [0.2, 0.25) is 0 Å². The van der Waals surface area contributed by atoms with Gasteiger partial charge in [-0.1, -0.05) is 235 Å². The van der Waals surface area contributed by atoms with Gasteiger partial charge in [0, 0.05) is 19.3 Å². The minimum atomic E-state index is -0.848. The number of ether oxygens (including phenoxy) is 3. The molecule has 0 aromatic carbocycles. The topological polar surface area (TPSA) is 78.9 Å². The smallest absolute Gasteiger partial charge is 0.306 e. The number of unbranched alkanes of at least 4 members (excludes halogenated alkanes) is 9. The summed E-state index contributed by atoms with van der Waals surface area (Å²) in [6.45, 7) is 6.17. The van der Waals surface area contributed by atoms with Crippen molar-refractivity contribution in [3.05, 3.63) is 182 Å². The first kappa shape index (κ1) is 69.5. The first-order valence-electron chi connectivity index (χ1n) is 29.3. The number of carbonyl (C=O) groups is 3. The first-order chi connectivity index (χ1) is 37.0. The average molecular weight is 1030 g/mol. The highest BCUT2D eigenvalue weighted by molar-refractivity contribution is 5.71. The van der Waals surface area contributed by atoms with Crippen molar-refractivity contribution in [2.24, 2.45) is 0 Å². The molecule has 416 valence electrons. The van der Waals surface area contributed by atoms with Crippen LogP contribution in [0.25, 0.3) is 0 Å². The van der Waals surface area contributed by atoms with Crippen LogP contribution in [0.4, 0.5) is 0 Å². The van der Waals surface area contributed by atoms with Crippen LogP contribution in [0.2, 0.25) is 0 Å². The van der Waals surface area contributed by atoms with E-state index in [0.29, 0.717) is 19.3 Å². The highest BCUT2D eigenvalue weighted by atomic mass is 16.6. The molecular weight excluding hydrogens is 925 g/mol. The van der Waals surface area contributed by atoms with Crippen LogP contribution in [-0.4, -0.2) is 37.2 Å². The molecule has 0 aliphatic rings. The summed E-state index contributed by atoms with van der Waals surface area (Å²) in [5.74, 6) is -1.08. The number of allylic oxidation sites excluding steroid dienone is 30. The largest absolute Gasteiger partial charge is 0.462 e. The lowest BCUT2D eigenvalue weighted by Crippen LogP contribution is -2.30. The van der Waals surface area contributed by atoms with Crippen LogP contribution in [0.15, 0.2) is 182 Å². The summed E-state index contributed by atoms with van der Waals surface area (Å²) in [5, 5.41) is 0. The molecule has 0 heterocycles. The first-order valence-corrected chi connectivity index (χ1v) is 29.3. The monoisotopic (exact) mass is 1030 g/mol. The molecule has 0 spiro atoms. The Morgan fingerprint density at radius 2 is 0.493 bits per heavy atom. The van der Waals surface area contributed by atoms with Crippen LogP contribution in [-0.2, 0) is 28.6 Å². The Bertz CT molecular complexity index is 1800. The fourth-order valence-corrected chi connectivity index (χ4v) is 7.13. The third-order valence-corrected chi connectivity index (χ3v) is 11.4. The number of hydrogen-bond acceptors (Lipinski definition) is 6. The Morgan fingerprint density at radius 1 is 0.267 bits per heavy atom. The second-order valence-corrected chi connectivity index (χ2v) is 18.4. The Hall–Kier alpha value is -5.49. The highest BCUT2D eigenvalue weighted by Crippen LogP contribution is 2.12. The van der Waals surface area contributed by atoms with Gasteiger partial charge in [0.15, 0.2) is 6.10 Å². The van der Waals surface area contributed by atoms with E-state index in [1.807, 2.05) is 0 Å².